The Morgan fingerprint density at radius 2 is 2.00 bits per heavy atom. The topological polar surface area (TPSA) is 32.8 Å². The minimum atomic E-state index is 0.0950. The smallest absolute Gasteiger partial charge is 0.248 e. The van der Waals surface area contributed by atoms with Crippen LogP contribution in [-0.4, -0.2) is 62.1 Å². The van der Waals surface area contributed by atoms with E-state index in [-0.39, 0.29) is 18.6 Å². The number of hydrogen-bond donors (Lipinski definition) is 0. The van der Waals surface area contributed by atoms with Crippen LogP contribution in [0.15, 0.2) is 0 Å². The first kappa shape index (κ1) is 14.5. The lowest BCUT2D eigenvalue weighted by Crippen LogP contribution is -2.39. The Morgan fingerprint density at radius 1 is 1.41 bits per heavy atom. The van der Waals surface area contributed by atoms with Gasteiger partial charge in [0, 0.05) is 13.6 Å². The Bertz CT molecular complexity index is 236. The molecule has 1 rings (SSSR count). The summed E-state index contributed by atoms with van der Waals surface area (Å²) in [5.74, 6) is 0.747. The maximum absolute atomic E-state index is 11.8. The zero-order chi connectivity index (χ0) is 12.8. The van der Waals surface area contributed by atoms with Crippen LogP contribution in [0.1, 0.15) is 26.7 Å². The van der Waals surface area contributed by atoms with Crippen molar-refractivity contribution in [2.75, 3.05) is 40.3 Å². The van der Waals surface area contributed by atoms with Crippen molar-refractivity contribution in [3.63, 3.8) is 0 Å². The molecule has 0 unspecified atom stereocenters. The van der Waals surface area contributed by atoms with Crippen LogP contribution in [0, 0.1) is 5.92 Å². The van der Waals surface area contributed by atoms with Crippen LogP contribution >= 0.6 is 0 Å². The quantitative estimate of drug-likeness (QED) is 0.726. The van der Waals surface area contributed by atoms with Crippen LogP contribution < -0.4 is 0 Å². The number of carbonyl (C=O) groups is 1. The van der Waals surface area contributed by atoms with E-state index >= 15 is 0 Å². The molecule has 0 saturated carbocycles. The van der Waals surface area contributed by atoms with E-state index in [2.05, 4.69) is 11.9 Å². The second-order valence-electron chi connectivity index (χ2n) is 5.38. The summed E-state index contributed by atoms with van der Waals surface area (Å²) in [5, 5.41) is 0. The zero-order valence-electron chi connectivity index (χ0n) is 11.6. The standard InChI is InChI=1S/C13H26N2O2/c1-11(2)17-10-13(16)15(4)9-12-5-7-14(3)8-6-12/h11-12H,5-10H2,1-4H3. The summed E-state index contributed by atoms with van der Waals surface area (Å²) in [6.45, 7) is 7.27. The van der Waals surface area contributed by atoms with Gasteiger partial charge in [0.1, 0.15) is 6.61 Å². The number of hydrogen-bond acceptors (Lipinski definition) is 3. The van der Waals surface area contributed by atoms with E-state index < -0.39 is 0 Å². The first-order valence-electron chi connectivity index (χ1n) is 6.53. The molecule has 0 N–H and O–H groups in total. The third-order valence-corrected chi connectivity index (χ3v) is 3.34. The predicted octanol–water partition coefficient (Wildman–Crippen LogP) is 1.21. The van der Waals surface area contributed by atoms with Gasteiger partial charge in [-0.05, 0) is 52.7 Å². The minimum Gasteiger partial charge on any atom is -0.369 e. The normalized spacial score (nSPS) is 18.6. The summed E-state index contributed by atoms with van der Waals surface area (Å²) in [7, 11) is 4.03. The third-order valence-electron chi connectivity index (χ3n) is 3.34. The summed E-state index contributed by atoms with van der Waals surface area (Å²) in [6, 6.07) is 0. The van der Waals surface area contributed by atoms with Gasteiger partial charge in [0.2, 0.25) is 5.91 Å². The van der Waals surface area contributed by atoms with Crippen LogP contribution in [0.25, 0.3) is 0 Å². The Hall–Kier alpha value is -0.610. The first-order chi connectivity index (χ1) is 7.99. The van der Waals surface area contributed by atoms with Crippen molar-refractivity contribution in [2.24, 2.45) is 5.92 Å². The molecule has 0 aromatic rings. The summed E-state index contributed by atoms with van der Waals surface area (Å²) < 4.78 is 5.33. The average Bonchev–Trinajstić information content (AvgIpc) is 2.28. The molecule has 1 aliphatic heterocycles. The molecule has 0 bridgehead atoms. The number of nitrogens with zero attached hydrogens (tertiary/aromatic N) is 2. The van der Waals surface area contributed by atoms with E-state index in [0.717, 1.165) is 19.6 Å². The molecule has 100 valence electrons. The highest BCUT2D eigenvalue weighted by Gasteiger charge is 2.20. The van der Waals surface area contributed by atoms with Crippen LogP contribution in [0.3, 0.4) is 0 Å². The fourth-order valence-corrected chi connectivity index (χ4v) is 2.08. The number of ether oxygens (including phenoxy) is 1. The monoisotopic (exact) mass is 242 g/mol. The summed E-state index contributed by atoms with van der Waals surface area (Å²) >= 11 is 0. The Kier molecular flexibility index (Phi) is 5.92. The lowest BCUT2D eigenvalue weighted by Gasteiger charge is -2.31. The van der Waals surface area contributed by atoms with Gasteiger partial charge in [-0.15, -0.1) is 0 Å². The van der Waals surface area contributed by atoms with Crippen LogP contribution in [0.5, 0.6) is 0 Å². The number of amides is 1. The van der Waals surface area contributed by atoms with Crippen molar-refractivity contribution in [1.82, 2.24) is 9.80 Å². The molecule has 4 heteroatoms. The molecular formula is C13H26N2O2. The summed E-state index contributed by atoms with van der Waals surface area (Å²) in [4.78, 5) is 15.9. The number of carbonyl (C=O) groups excluding carboxylic acids is 1. The van der Waals surface area contributed by atoms with Gasteiger partial charge in [-0.3, -0.25) is 4.79 Å². The second-order valence-corrected chi connectivity index (χ2v) is 5.38. The maximum atomic E-state index is 11.8. The Balaban J connectivity index is 2.23. The molecule has 1 fully saturated rings. The number of rotatable bonds is 5. The van der Waals surface area contributed by atoms with Crippen molar-refractivity contribution < 1.29 is 9.53 Å². The molecule has 0 atom stereocenters. The summed E-state index contributed by atoms with van der Waals surface area (Å²) in [6.07, 6.45) is 2.51. The van der Waals surface area contributed by atoms with E-state index in [9.17, 15) is 4.79 Å². The van der Waals surface area contributed by atoms with Crippen molar-refractivity contribution in [2.45, 2.75) is 32.8 Å². The second kappa shape index (κ2) is 6.97. The van der Waals surface area contributed by atoms with Crippen molar-refractivity contribution >= 4 is 5.91 Å². The van der Waals surface area contributed by atoms with Crippen LogP contribution in [0.2, 0.25) is 0 Å². The third kappa shape index (κ3) is 5.50. The van der Waals surface area contributed by atoms with E-state index in [4.69, 9.17) is 4.74 Å². The number of likely N-dealkylation sites (N-methyl/N-ethyl adjacent to an activating group) is 1. The van der Waals surface area contributed by atoms with Gasteiger partial charge >= 0.3 is 0 Å². The predicted molar refractivity (Wildman–Crippen MR) is 68.9 cm³/mol. The van der Waals surface area contributed by atoms with Gasteiger partial charge in [0.15, 0.2) is 0 Å². The number of piperidine rings is 1. The fraction of sp³-hybridized carbons (Fsp3) is 0.923. The van der Waals surface area contributed by atoms with Gasteiger partial charge in [-0.1, -0.05) is 0 Å². The highest BCUT2D eigenvalue weighted by atomic mass is 16.5. The molecule has 17 heavy (non-hydrogen) atoms. The molecule has 0 aliphatic carbocycles. The lowest BCUT2D eigenvalue weighted by atomic mass is 9.97. The van der Waals surface area contributed by atoms with Crippen LogP contribution in [0.4, 0.5) is 0 Å². The van der Waals surface area contributed by atoms with Crippen molar-refractivity contribution in [3.05, 3.63) is 0 Å². The molecule has 1 amide bonds. The zero-order valence-corrected chi connectivity index (χ0v) is 11.6. The molecule has 0 radical (unpaired) electrons. The van der Waals surface area contributed by atoms with Crippen molar-refractivity contribution in [1.29, 1.82) is 0 Å². The minimum absolute atomic E-state index is 0.0950. The van der Waals surface area contributed by atoms with Gasteiger partial charge in [-0.25, -0.2) is 0 Å². The largest absolute Gasteiger partial charge is 0.369 e. The fourth-order valence-electron chi connectivity index (χ4n) is 2.08. The molecule has 1 saturated heterocycles. The van der Waals surface area contributed by atoms with E-state index in [0.29, 0.717) is 5.92 Å². The van der Waals surface area contributed by atoms with Gasteiger partial charge in [-0.2, -0.15) is 0 Å². The average molecular weight is 242 g/mol. The molecule has 0 spiro atoms. The number of likely N-dealkylation sites (tertiary alicyclic amines) is 1. The molecule has 1 aliphatic rings. The van der Waals surface area contributed by atoms with Crippen molar-refractivity contribution in [3.8, 4) is 0 Å². The first-order valence-corrected chi connectivity index (χ1v) is 6.53. The highest BCUT2D eigenvalue weighted by Crippen LogP contribution is 2.16. The molecular weight excluding hydrogens is 216 g/mol. The summed E-state index contributed by atoms with van der Waals surface area (Å²) in [5.41, 5.74) is 0. The maximum Gasteiger partial charge on any atom is 0.248 e. The molecule has 4 nitrogen and oxygen atoms in total. The molecule has 0 aromatic carbocycles. The van der Waals surface area contributed by atoms with Crippen LogP contribution in [-0.2, 0) is 9.53 Å². The lowest BCUT2D eigenvalue weighted by molar-refractivity contribution is -0.137. The van der Waals surface area contributed by atoms with Gasteiger partial charge < -0.3 is 14.5 Å². The SMILES string of the molecule is CC(C)OCC(=O)N(C)CC1CCN(C)CC1. The van der Waals surface area contributed by atoms with E-state index in [1.807, 2.05) is 25.8 Å². The van der Waals surface area contributed by atoms with E-state index in [1.54, 1.807) is 0 Å². The van der Waals surface area contributed by atoms with Gasteiger partial charge in [0.05, 0.1) is 6.10 Å². The molecule has 0 aromatic heterocycles. The Labute approximate surface area is 105 Å². The molecule has 1 heterocycles. The Morgan fingerprint density at radius 3 is 2.53 bits per heavy atom. The van der Waals surface area contributed by atoms with E-state index in [1.165, 1.54) is 12.8 Å². The van der Waals surface area contributed by atoms with Gasteiger partial charge in [0.25, 0.3) is 0 Å². The highest BCUT2D eigenvalue weighted by molar-refractivity contribution is 5.77.